The number of hydrogen-bond acceptors (Lipinski definition) is 6. The summed E-state index contributed by atoms with van der Waals surface area (Å²) in [6, 6.07) is 6.63. The van der Waals surface area contributed by atoms with Crippen molar-refractivity contribution in [1.82, 2.24) is 15.0 Å². The molecule has 0 aliphatic carbocycles. The van der Waals surface area contributed by atoms with Gasteiger partial charge in [0, 0.05) is 12.5 Å². The summed E-state index contributed by atoms with van der Waals surface area (Å²) in [4.78, 5) is 6.83. The van der Waals surface area contributed by atoms with Crippen LogP contribution in [-0.4, -0.2) is 34.8 Å². The van der Waals surface area contributed by atoms with Crippen molar-refractivity contribution in [2.75, 3.05) is 19.8 Å². The fourth-order valence-electron chi connectivity index (χ4n) is 3.33. The van der Waals surface area contributed by atoms with E-state index in [1.54, 1.807) is 0 Å². The molecule has 6 nitrogen and oxygen atoms in total. The zero-order chi connectivity index (χ0) is 15.6. The lowest BCUT2D eigenvalue weighted by molar-refractivity contribution is 0.170. The number of benzene rings is 1. The van der Waals surface area contributed by atoms with Crippen molar-refractivity contribution >= 4 is 0 Å². The smallest absolute Gasteiger partial charge is 0.240 e. The minimum absolute atomic E-state index is 0.364. The van der Waals surface area contributed by atoms with E-state index in [4.69, 9.17) is 14.0 Å². The predicted molar refractivity (Wildman–Crippen MR) is 83.5 cm³/mol. The van der Waals surface area contributed by atoms with Gasteiger partial charge in [-0.05, 0) is 37.1 Å². The molecule has 6 heteroatoms. The molecule has 1 aromatic heterocycles. The van der Waals surface area contributed by atoms with Crippen LogP contribution < -0.4 is 9.47 Å². The van der Waals surface area contributed by atoms with Gasteiger partial charge in [0.05, 0.1) is 6.54 Å². The van der Waals surface area contributed by atoms with Gasteiger partial charge in [0.1, 0.15) is 13.2 Å². The van der Waals surface area contributed by atoms with E-state index in [2.05, 4.69) is 27.2 Å². The van der Waals surface area contributed by atoms with Crippen LogP contribution in [0.25, 0.3) is 0 Å². The number of aryl methyl sites for hydroxylation is 1. The lowest BCUT2D eigenvalue weighted by Crippen LogP contribution is -2.23. The Morgan fingerprint density at radius 1 is 1.22 bits per heavy atom. The quantitative estimate of drug-likeness (QED) is 0.864. The highest BCUT2D eigenvalue weighted by molar-refractivity contribution is 5.44. The molecule has 0 saturated carbocycles. The molecular formula is C17H21N3O3. The molecule has 2 aliphatic heterocycles. The topological polar surface area (TPSA) is 60.6 Å². The molecule has 1 saturated heterocycles. The first-order valence-electron chi connectivity index (χ1n) is 8.28. The Bertz CT molecular complexity index is 685. The third-order valence-corrected chi connectivity index (χ3v) is 4.48. The molecule has 0 amide bonds. The predicted octanol–water partition coefficient (Wildman–Crippen LogP) is 2.74. The maximum atomic E-state index is 5.71. The Hall–Kier alpha value is -2.08. The fraction of sp³-hybridized carbons (Fsp3) is 0.529. The minimum atomic E-state index is 0.364. The second-order valence-corrected chi connectivity index (χ2v) is 5.99. The van der Waals surface area contributed by atoms with E-state index >= 15 is 0 Å². The highest BCUT2D eigenvalue weighted by Gasteiger charge is 2.28. The van der Waals surface area contributed by atoms with Gasteiger partial charge in [0.15, 0.2) is 17.3 Å². The van der Waals surface area contributed by atoms with Crippen molar-refractivity contribution in [2.45, 2.75) is 38.8 Å². The molecule has 1 fully saturated rings. The van der Waals surface area contributed by atoms with Crippen molar-refractivity contribution in [3.8, 4) is 11.5 Å². The molecule has 4 rings (SSSR count). The number of likely N-dealkylation sites (tertiary alicyclic amines) is 1. The van der Waals surface area contributed by atoms with Crippen molar-refractivity contribution in [1.29, 1.82) is 0 Å². The first kappa shape index (κ1) is 14.5. The van der Waals surface area contributed by atoms with Crippen molar-refractivity contribution in [2.24, 2.45) is 0 Å². The monoisotopic (exact) mass is 315 g/mol. The van der Waals surface area contributed by atoms with Gasteiger partial charge in [-0.25, -0.2) is 0 Å². The van der Waals surface area contributed by atoms with Gasteiger partial charge in [-0.3, -0.25) is 4.90 Å². The molecule has 23 heavy (non-hydrogen) atoms. The van der Waals surface area contributed by atoms with Gasteiger partial charge in [-0.2, -0.15) is 4.98 Å². The van der Waals surface area contributed by atoms with Crippen LogP contribution in [0, 0.1) is 0 Å². The zero-order valence-corrected chi connectivity index (χ0v) is 13.3. The average molecular weight is 315 g/mol. The van der Waals surface area contributed by atoms with Crippen LogP contribution in [0.3, 0.4) is 0 Å². The first-order valence-corrected chi connectivity index (χ1v) is 8.28. The summed E-state index contributed by atoms with van der Waals surface area (Å²) in [5.74, 6) is 3.17. The third kappa shape index (κ3) is 2.91. The Balaban J connectivity index is 1.53. The van der Waals surface area contributed by atoms with Gasteiger partial charge >= 0.3 is 0 Å². The molecule has 2 aromatic rings. The average Bonchev–Trinajstić information content (AvgIpc) is 3.24. The molecule has 0 spiro atoms. The Labute approximate surface area is 135 Å². The molecule has 0 N–H and O–H groups in total. The molecule has 1 aromatic carbocycles. The van der Waals surface area contributed by atoms with E-state index in [0.29, 0.717) is 31.7 Å². The molecule has 1 atom stereocenters. The SMILES string of the molecule is CCc1noc(CN2CCC[C@@H]2c2ccc3c(c2)OCCO3)n1. The van der Waals surface area contributed by atoms with Crippen LogP contribution in [0.1, 0.15) is 43.1 Å². The molecular weight excluding hydrogens is 294 g/mol. The number of rotatable bonds is 4. The maximum absolute atomic E-state index is 5.71. The maximum Gasteiger partial charge on any atom is 0.240 e. The lowest BCUT2D eigenvalue weighted by atomic mass is 10.0. The summed E-state index contributed by atoms with van der Waals surface area (Å²) in [6.45, 7) is 5.02. The second kappa shape index (κ2) is 6.20. The van der Waals surface area contributed by atoms with Crippen LogP contribution >= 0.6 is 0 Å². The number of ether oxygens (including phenoxy) is 2. The summed E-state index contributed by atoms with van der Waals surface area (Å²) in [6.07, 6.45) is 3.11. The summed E-state index contributed by atoms with van der Waals surface area (Å²) in [5.41, 5.74) is 1.27. The minimum Gasteiger partial charge on any atom is -0.486 e. The largest absolute Gasteiger partial charge is 0.486 e. The van der Waals surface area contributed by atoms with Crippen LogP contribution in [0.4, 0.5) is 0 Å². The van der Waals surface area contributed by atoms with E-state index in [9.17, 15) is 0 Å². The van der Waals surface area contributed by atoms with E-state index < -0.39 is 0 Å². The molecule has 2 aliphatic rings. The number of fused-ring (bicyclic) bond motifs is 1. The highest BCUT2D eigenvalue weighted by Crippen LogP contribution is 2.38. The Kier molecular flexibility index (Phi) is 3.91. The van der Waals surface area contributed by atoms with E-state index in [1.165, 1.54) is 12.0 Å². The summed E-state index contributed by atoms with van der Waals surface area (Å²) >= 11 is 0. The molecule has 0 radical (unpaired) electrons. The van der Waals surface area contributed by atoms with Crippen molar-refractivity contribution in [3.63, 3.8) is 0 Å². The zero-order valence-electron chi connectivity index (χ0n) is 13.3. The lowest BCUT2D eigenvalue weighted by Gasteiger charge is -2.25. The second-order valence-electron chi connectivity index (χ2n) is 5.99. The number of hydrogen-bond donors (Lipinski definition) is 0. The molecule has 3 heterocycles. The Morgan fingerprint density at radius 3 is 2.91 bits per heavy atom. The molecule has 0 unspecified atom stereocenters. The standard InChI is InChI=1S/C17H21N3O3/c1-2-16-18-17(23-19-16)11-20-7-3-4-13(20)12-5-6-14-15(10-12)22-9-8-21-14/h5-6,10,13H,2-4,7-9,11H2,1H3/t13-/m1/s1. The summed E-state index contributed by atoms with van der Waals surface area (Å²) < 4.78 is 16.7. The van der Waals surface area contributed by atoms with E-state index in [0.717, 1.165) is 36.7 Å². The highest BCUT2D eigenvalue weighted by atomic mass is 16.6. The fourth-order valence-corrected chi connectivity index (χ4v) is 3.33. The van der Waals surface area contributed by atoms with Gasteiger partial charge in [-0.15, -0.1) is 0 Å². The van der Waals surface area contributed by atoms with Gasteiger partial charge in [0.25, 0.3) is 0 Å². The van der Waals surface area contributed by atoms with Crippen molar-refractivity contribution in [3.05, 3.63) is 35.5 Å². The number of nitrogens with zero attached hydrogens (tertiary/aromatic N) is 3. The van der Waals surface area contributed by atoms with E-state index in [1.807, 2.05) is 13.0 Å². The summed E-state index contributed by atoms with van der Waals surface area (Å²) in [7, 11) is 0. The van der Waals surface area contributed by atoms with Gasteiger partial charge < -0.3 is 14.0 Å². The van der Waals surface area contributed by atoms with Crippen LogP contribution in [0.2, 0.25) is 0 Å². The molecule has 0 bridgehead atoms. The number of aromatic nitrogens is 2. The van der Waals surface area contributed by atoms with Crippen LogP contribution in [0.15, 0.2) is 22.7 Å². The summed E-state index contributed by atoms with van der Waals surface area (Å²) in [5, 5.41) is 3.98. The van der Waals surface area contributed by atoms with Gasteiger partial charge in [-0.1, -0.05) is 18.1 Å². The third-order valence-electron chi connectivity index (χ3n) is 4.48. The van der Waals surface area contributed by atoms with Crippen molar-refractivity contribution < 1.29 is 14.0 Å². The van der Waals surface area contributed by atoms with Crippen LogP contribution in [-0.2, 0) is 13.0 Å². The normalized spacial score (nSPS) is 20.8. The first-order chi connectivity index (χ1) is 11.3. The molecule has 122 valence electrons. The van der Waals surface area contributed by atoms with Crippen LogP contribution in [0.5, 0.6) is 11.5 Å². The Morgan fingerprint density at radius 2 is 2.09 bits per heavy atom. The van der Waals surface area contributed by atoms with Gasteiger partial charge in [0.2, 0.25) is 5.89 Å². The van der Waals surface area contributed by atoms with E-state index in [-0.39, 0.29) is 0 Å².